The van der Waals surface area contributed by atoms with Gasteiger partial charge >= 0.3 is 12.1 Å². The molecule has 23 heavy (non-hydrogen) atoms. The molecular formula is C16H7Br2F3O2. The van der Waals surface area contributed by atoms with Gasteiger partial charge in [-0.25, -0.2) is 4.79 Å². The van der Waals surface area contributed by atoms with Crippen LogP contribution < -0.4 is 0 Å². The van der Waals surface area contributed by atoms with Crippen LogP contribution in [-0.4, -0.2) is 11.1 Å². The molecule has 0 aliphatic heterocycles. The number of fused-ring (bicyclic) bond motifs is 3. The molecule has 0 radical (unpaired) electrons. The van der Waals surface area contributed by atoms with Gasteiger partial charge < -0.3 is 5.11 Å². The molecule has 3 rings (SSSR count). The molecule has 0 unspecified atom stereocenters. The van der Waals surface area contributed by atoms with Crippen LogP contribution in [0, 0.1) is 0 Å². The Hall–Kier alpha value is -1.60. The highest BCUT2D eigenvalue weighted by Crippen LogP contribution is 2.38. The first-order valence-electron chi connectivity index (χ1n) is 6.34. The van der Waals surface area contributed by atoms with Crippen LogP contribution in [-0.2, 0) is 6.18 Å². The second-order valence-electron chi connectivity index (χ2n) is 4.97. The summed E-state index contributed by atoms with van der Waals surface area (Å²) in [6.07, 6.45) is -4.50. The fraction of sp³-hybridized carbons (Fsp3) is 0.0625. The molecule has 0 bridgehead atoms. The number of carboxylic acid groups (broad SMARTS) is 1. The number of carboxylic acids is 1. The molecule has 0 aliphatic carbocycles. The lowest BCUT2D eigenvalue weighted by Gasteiger charge is -2.13. The summed E-state index contributed by atoms with van der Waals surface area (Å²) >= 11 is 6.64. The van der Waals surface area contributed by atoms with E-state index in [0.29, 0.717) is 19.7 Å². The largest absolute Gasteiger partial charge is 0.478 e. The van der Waals surface area contributed by atoms with Crippen LogP contribution in [0.3, 0.4) is 0 Å². The van der Waals surface area contributed by atoms with Crippen molar-refractivity contribution in [3.05, 3.63) is 56.5 Å². The van der Waals surface area contributed by atoms with Gasteiger partial charge in [0.25, 0.3) is 0 Å². The summed E-state index contributed by atoms with van der Waals surface area (Å²) < 4.78 is 40.3. The second kappa shape index (κ2) is 5.49. The van der Waals surface area contributed by atoms with E-state index in [1.807, 2.05) is 0 Å². The number of hydrogen-bond acceptors (Lipinski definition) is 1. The average Bonchev–Trinajstić information content (AvgIpc) is 2.44. The van der Waals surface area contributed by atoms with Crippen molar-refractivity contribution in [3.8, 4) is 0 Å². The highest BCUT2D eigenvalue weighted by Gasteiger charge is 2.31. The zero-order valence-corrected chi connectivity index (χ0v) is 14.4. The molecule has 2 nitrogen and oxygen atoms in total. The number of halogens is 5. The minimum atomic E-state index is -4.50. The van der Waals surface area contributed by atoms with Gasteiger partial charge in [-0.05, 0) is 51.9 Å². The van der Waals surface area contributed by atoms with Crippen LogP contribution >= 0.6 is 31.9 Å². The van der Waals surface area contributed by atoms with E-state index in [-0.39, 0.29) is 16.3 Å². The van der Waals surface area contributed by atoms with Gasteiger partial charge in [0, 0.05) is 8.95 Å². The van der Waals surface area contributed by atoms with E-state index in [9.17, 15) is 23.1 Å². The van der Waals surface area contributed by atoms with Crippen molar-refractivity contribution in [2.24, 2.45) is 0 Å². The number of alkyl halides is 3. The van der Waals surface area contributed by atoms with E-state index in [0.717, 1.165) is 12.1 Å². The Bertz CT molecular complexity index is 965. The van der Waals surface area contributed by atoms with E-state index in [4.69, 9.17) is 0 Å². The second-order valence-corrected chi connectivity index (χ2v) is 6.74. The third-order valence-electron chi connectivity index (χ3n) is 3.54. The molecule has 0 atom stereocenters. The molecule has 0 amide bonds. The molecule has 0 spiro atoms. The lowest BCUT2D eigenvalue weighted by Crippen LogP contribution is -2.05. The van der Waals surface area contributed by atoms with Crippen LogP contribution in [0.5, 0.6) is 0 Å². The minimum Gasteiger partial charge on any atom is -0.478 e. The predicted octanol–water partition coefficient (Wildman–Crippen LogP) is 6.24. The maximum absolute atomic E-state index is 13.0. The van der Waals surface area contributed by atoms with Gasteiger partial charge in [-0.15, -0.1) is 0 Å². The zero-order chi connectivity index (χ0) is 16.9. The van der Waals surface area contributed by atoms with Crippen LogP contribution in [0.4, 0.5) is 13.2 Å². The standard InChI is InChI=1S/C16H7Br2F3O2/c17-8-4-11-10-3-7(16(19,20)21)1-2-9(10)13(15(22)23)6-12(11)14(18)5-8/h1-6H,(H,22,23). The van der Waals surface area contributed by atoms with E-state index in [1.54, 1.807) is 12.1 Å². The number of rotatable bonds is 1. The minimum absolute atomic E-state index is 0.0377. The van der Waals surface area contributed by atoms with Crippen molar-refractivity contribution in [1.82, 2.24) is 0 Å². The molecule has 1 N–H and O–H groups in total. The van der Waals surface area contributed by atoms with Crippen molar-refractivity contribution in [2.45, 2.75) is 6.18 Å². The van der Waals surface area contributed by atoms with Gasteiger partial charge in [0.15, 0.2) is 0 Å². The van der Waals surface area contributed by atoms with Gasteiger partial charge in [0.2, 0.25) is 0 Å². The summed E-state index contributed by atoms with van der Waals surface area (Å²) in [7, 11) is 0. The molecule has 3 aromatic carbocycles. The Morgan fingerprint density at radius 1 is 0.913 bits per heavy atom. The van der Waals surface area contributed by atoms with Crippen LogP contribution in [0.1, 0.15) is 15.9 Å². The molecule has 0 aliphatic rings. The number of benzene rings is 3. The Balaban J connectivity index is 2.55. The Morgan fingerprint density at radius 3 is 2.17 bits per heavy atom. The predicted molar refractivity (Wildman–Crippen MR) is 88.8 cm³/mol. The van der Waals surface area contributed by atoms with Gasteiger partial charge in [0.1, 0.15) is 0 Å². The summed E-state index contributed by atoms with van der Waals surface area (Å²) in [5.74, 6) is -1.19. The summed E-state index contributed by atoms with van der Waals surface area (Å²) in [6, 6.07) is 7.94. The summed E-state index contributed by atoms with van der Waals surface area (Å²) in [5, 5.41) is 11.0. The Kier molecular flexibility index (Phi) is 3.88. The van der Waals surface area contributed by atoms with Crippen molar-refractivity contribution in [2.75, 3.05) is 0 Å². The maximum atomic E-state index is 13.0. The van der Waals surface area contributed by atoms with E-state index < -0.39 is 17.7 Å². The summed E-state index contributed by atoms with van der Waals surface area (Å²) in [4.78, 5) is 11.5. The zero-order valence-electron chi connectivity index (χ0n) is 11.2. The molecule has 0 saturated heterocycles. The highest BCUT2D eigenvalue weighted by atomic mass is 79.9. The topological polar surface area (TPSA) is 37.3 Å². The fourth-order valence-corrected chi connectivity index (χ4v) is 3.87. The van der Waals surface area contributed by atoms with Crippen molar-refractivity contribution < 1.29 is 23.1 Å². The molecule has 3 aromatic rings. The van der Waals surface area contributed by atoms with Crippen molar-refractivity contribution >= 4 is 59.4 Å². The van der Waals surface area contributed by atoms with E-state index in [2.05, 4.69) is 31.9 Å². The first-order valence-corrected chi connectivity index (χ1v) is 7.93. The van der Waals surface area contributed by atoms with E-state index >= 15 is 0 Å². The molecule has 0 saturated carbocycles. The van der Waals surface area contributed by atoms with Crippen LogP contribution in [0.25, 0.3) is 21.5 Å². The average molecular weight is 448 g/mol. The summed E-state index contributed by atoms with van der Waals surface area (Å²) in [5.41, 5.74) is -0.853. The van der Waals surface area contributed by atoms with E-state index in [1.165, 1.54) is 12.1 Å². The van der Waals surface area contributed by atoms with Crippen LogP contribution in [0.15, 0.2) is 45.3 Å². The van der Waals surface area contributed by atoms with Gasteiger partial charge in [0.05, 0.1) is 11.1 Å². The normalized spacial score (nSPS) is 12.0. The van der Waals surface area contributed by atoms with Gasteiger partial charge in [-0.1, -0.05) is 37.9 Å². The lowest BCUT2D eigenvalue weighted by molar-refractivity contribution is -0.137. The molecule has 0 aromatic heterocycles. The number of hydrogen-bond donors (Lipinski definition) is 1. The third-order valence-corrected chi connectivity index (χ3v) is 4.65. The first-order chi connectivity index (χ1) is 10.7. The molecule has 0 heterocycles. The fourth-order valence-electron chi connectivity index (χ4n) is 2.53. The monoisotopic (exact) mass is 446 g/mol. The molecule has 7 heteroatoms. The lowest BCUT2D eigenvalue weighted by atomic mass is 9.95. The Labute approximate surface area is 145 Å². The van der Waals surface area contributed by atoms with Gasteiger partial charge in [-0.3, -0.25) is 0 Å². The van der Waals surface area contributed by atoms with Crippen molar-refractivity contribution in [3.63, 3.8) is 0 Å². The molecule has 118 valence electrons. The van der Waals surface area contributed by atoms with Crippen molar-refractivity contribution in [1.29, 1.82) is 0 Å². The highest BCUT2D eigenvalue weighted by molar-refractivity contribution is 9.11. The van der Waals surface area contributed by atoms with Gasteiger partial charge in [-0.2, -0.15) is 13.2 Å². The Morgan fingerprint density at radius 2 is 1.57 bits per heavy atom. The first kappa shape index (κ1) is 16.3. The SMILES string of the molecule is O=C(O)c1cc2c(Br)cc(Br)cc2c2cc(C(F)(F)F)ccc12. The third kappa shape index (κ3) is 2.83. The molecular weight excluding hydrogens is 441 g/mol. The van der Waals surface area contributed by atoms with Crippen LogP contribution in [0.2, 0.25) is 0 Å². The smallest absolute Gasteiger partial charge is 0.416 e. The molecule has 0 fully saturated rings. The quantitative estimate of drug-likeness (QED) is 0.448. The number of carbonyl (C=O) groups is 1. The maximum Gasteiger partial charge on any atom is 0.416 e. The number of aromatic carboxylic acids is 1. The summed E-state index contributed by atoms with van der Waals surface area (Å²) in [6.45, 7) is 0.